The van der Waals surface area contributed by atoms with E-state index in [1.807, 2.05) is 13.0 Å². The molecule has 6 heteroatoms. The number of nitrogens with two attached hydrogens (primary N) is 1. The van der Waals surface area contributed by atoms with Gasteiger partial charge in [-0.15, -0.1) is 0 Å². The Morgan fingerprint density at radius 1 is 1.17 bits per heavy atom. The van der Waals surface area contributed by atoms with Gasteiger partial charge in [0.2, 0.25) is 0 Å². The third-order valence-corrected chi connectivity index (χ3v) is 6.01. The number of hydrogen-bond donors (Lipinski definition) is 5. The van der Waals surface area contributed by atoms with Gasteiger partial charge in [0.15, 0.2) is 0 Å². The molecule has 164 valence electrons. The number of aliphatic hydroxyl groups is 1. The van der Waals surface area contributed by atoms with Crippen molar-refractivity contribution in [2.45, 2.75) is 69.7 Å². The molecule has 0 saturated heterocycles. The van der Waals surface area contributed by atoms with Crippen LogP contribution in [0.4, 0.5) is 0 Å². The fourth-order valence-corrected chi connectivity index (χ4v) is 4.48. The second-order valence-electron chi connectivity index (χ2n) is 8.56. The third-order valence-electron chi connectivity index (χ3n) is 6.01. The van der Waals surface area contributed by atoms with Crippen LogP contribution >= 0.6 is 0 Å². The van der Waals surface area contributed by atoms with Crippen molar-refractivity contribution in [1.82, 2.24) is 16.0 Å². The number of aliphatic hydroxyl groups excluding tert-OH is 1. The van der Waals surface area contributed by atoms with Crippen LogP contribution in [0.15, 0.2) is 48.2 Å². The maximum Gasteiger partial charge on any atom is 0.251 e. The third kappa shape index (κ3) is 6.69. The van der Waals surface area contributed by atoms with Crippen LogP contribution in [0.3, 0.4) is 0 Å². The minimum Gasteiger partial charge on any atom is -0.405 e. The number of carbonyl (C=O) groups excluding carboxylic acids is 1. The lowest BCUT2D eigenvalue weighted by atomic mass is 10.1. The van der Waals surface area contributed by atoms with Crippen LogP contribution in [0.1, 0.15) is 43.7 Å². The fourth-order valence-electron chi connectivity index (χ4n) is 4.48. The minimum atomic E-state index is -0.644. The molecule has 2 aliphatic rings. The van der Waals surface area contributed by atoms with Crippen molar-refractivity contribution in [3.63, 3.8) is 0 Å². The van der Waals surface area contributed by atoms with Crippen LogP contribution in [0.2, 0.25) is 0 Å². The number of amides is 1. The smallest absolute Gasteiger partial charge is 0.251 e. The number of nitrogens with one attached hydrogen (secondary N) is 3. The molecule has 2 atom stereocenters. The molecular weight excluding hydrogens is 376 g/mol. The van der Waals surface area contributed by atoms with Crippen LogP contribution in [0.25, 0.3) is 0 Å². The first-order valence-electron chi connectivity index (χ1n) is 11.2. The summed E-state index contributed by atoms with van der Waals surface area (Å²) in [6.07, 6.45) is 11.1. The van der Waals surface area contributed by atoms with Crippen molar-refractivity contribution in [1.29, 1.82) is 0 Å². The molecule has 0 aliphatic heterocycles. The second kappa shape index (κ2) is 11.3. The summed E-state index contributed by atoms with van der Waals surface area (Å²) in [5.74, 6) is -0.218. The van der Waals surface area contributed by atoms with E-state index in [4.69, 9.17) is 5.73 Å². The zero-order valence-corrected chi connectivity index (χ0v) is 17.9. The summed E-state index contributed by atoms with van der Waals surface area (Å²) in [7, 11) is 0. The molecule has 2 unspecified atom stereocenters. The largest absolute Gasteiger partial charge is 0.405 e. The van der Waals surface area contributed by atoms with Crippen molar-refractivity contribution in [3.05, 3.63) is 59.3 Å². The first kappa shape index (κ1) is 22.5. The van der Waals surface area contributed by atoms with Crippen molar-refractivity contribution in [2.24, 2.45) is 5.73 Å². The molecule has 6 N–H and O–H groups in total. The van der Waals surface area contributed by atoms with Crippen LogP contribution in [-0.2, 0) is 17.6 Å². The predicted octanol–water partition coefficient (Wildman–Crippen LogP) is 1.54. The lowest BCUT2D eigenvalue weighted by molar-refractivity contribution is -0.117. The Labute approximate surface area is 180 Å². The van der Waals surface area contributed by atoms with E-state index >= 15 is 0 Å². The molecule has 1 amide bonds. The number of rotatable bonds is 10. The van der Waals surface area contributed by atoms with Crippen molar-refractivity contribution in [3.8, 4) is 0 Å². The second-order valence-corrected chi connectivity index (χ2v) is 8.56. The molecule has 0 spiro atoms. The number of fused-ring (bicyclic) bond motifs is 1. The summed E-state index contributed by atoms with van der Waals surface area (Å²) in [6.45, 7) is 2.70. The molecule has 2 aliphatic carbocycles. The highest BCUT2D eigenvalue weighted by Gasteiger charge is 2.21. The number of benzene rings is 1. The molecule has 0 radical (unpaired) electrons. The molecular formula is C24H36N4O2. The Morgan fingerprint density at radius 2 is 1.83 bits per heavy atom. The van der Waals surface area contributed by atoms with Gasteiger partial charge in [-0.1, -0.05) is 43.2 Å². The molecule has 1 aromatic carbocycles. The van der Waals surface area contributed by atoms with Crippen LogP contribution in [0.5, 0.6) is 0 Å². The van der Waals surface area contributed by atoms with E-state index < -0.39 is 6.10 Å². The molecule has 0 aromatic heterocycles. The molecule has 3 rings (SSSR count). The molecule has 6 nitrogen and oxygen atoms in total. The van der Waals surface area contributed by atoms with E-state index in [0.29, 0.717) is 24.2 Å². The Kier molecular flexibility index (Phi) is 8.49. The Bertz CT molecular complexity index is 730. The highest BCUT2D eigenvalue weighted by Crippen LogP contribution is 2.21. The average molecular weight is 413 g/mol. The van der Waals surface area contributed by atoms with Gasteiger partial charge in [0.05, 0.1) is 6.10 Å². The summed E-state index contributed by atoms with van der Waals surface area (Å²) < 4.78 is 0. The van der Waals surface area contributed by atoms with E-state index in [0.717, 1.165) is 12.8 Å². The number of carbonyl (C=O) groups is 1. The van der Waals surface area contributed by atoms with E-state index in [2.05, 4.69) is 40.2 Å². The van der Waals surface area contributed by atoms with E-state index in [-0.39, 0.29) is 18.5 Å². The Hall–Kier alpha value is -2.15. The molecule has 1 fully saturated rings. The topological polar surface area (TPSA) is 99.4 Å². The Balaban J connectivity index is 1.41. The summed E-state index contributed by atoms with van der Waals surface area (Å²) in [4.78, 5) is 12.6. The zero-order chi connectivity index (χ0) is 21.3. The van der Waals surface area contributed by atoms with Gasteiger partial charge in [0.1, 0.15) is 0 Å². The van der Waals surface area contributed by atoms with E-state index in [1.165, 1.54) is 43.0 Å². The molecule has 1 saturated carbocycles. The van der Waals surface area contributed by atoms with Crippen LogP contribution < -0.4 is 21.7 Å². The molecule has 30 heavy (non-hydrogen) atoms. The van der Waals surface area contributed by atoms with Gasteiger partial charge in [-0.05, 0) is 56.0 Å². The standard InChI is InChI=1S/C24H36N4O2/c1-17(28-21-8-4-5-9-21)12-20(10-11-25)24(30)27-16-23(29)15-26-22-13-18-6-2-3-7-19(18)14-22/h2-3,6-7,10-12,17,21-23,26,28-29H,4-5,8-9,13-16,25H2,1H3,(H,27,30)/b11-10-,20-12+. The number of hydrogen-bond acceptors (Lipinski definition) is 5. The van der Waals surface area contributed by atoms with Gasteiger partial charge in [0.25, 0.3) is 5.91 Å². The van der Waals surface area contributed by atoms with Crippen molar-refractivity contribution >= 4 is 5.91 Å². The highest BCUT2D eigenvalue weighted by atomic mass is 16.3. The quantitative estimate of drug-likeness (QED) is 0.297. The van der Waals surface area contributed by atoms with Crippen molar-refractivity contribution < 1.29 is 9.90 Å². The van der Waals surface area contributed by atoms with Gasteiger partial charge in [-0.2, -0.15) is 0 Å². The van der Waals surface area contributed by atoms with Crippen LogP contribution in [0, 0.1) is 0 Å². The maximum atomic E-state index is 12.6. The summed E-state index contributed by atoms with van der Waals surface area (Å²) in [6, 6.07) is 9.40. The van der Waals surface area contributed by atoms with Crippen LogP contribution in [-0.4, -0.2) is 48.3 Å². The summed E-state index contributed by atoms with van der Waals surface area (Å²) >= 11 is 0. The minimum absolute atomic E-state index is 0.0839. The summed E-state index contributed by atoms with van der Waals surface area (Å²) in [5, 5.41) is 20.1. The van der Waals surface area contributed by atoms with Crippen molar-refractivity contribution in [2.75, 3.05) is 13.1 Å². The SMILES string of the molecule is CC(/C=C(\C=C/N)C(=O)NCC(O)CNC1Cc2ccccc2C1)NC1CCCC1. The van der Waals surface area contributed by atoms with E-state index in [9.17, 15) is 9.90 Å². The van der Waals surface area contributed by atoms with Gasteiger partial charge < -0.3 is 26.8 Å². The highest BCUT2D eigenvalue weighted by molar-refractivity contribution is 5.96. The van der Waals surface area contributed by atoms with Gasteiger partial charge >= 0.3 is 0 Å². The lowest BCUT2D eigenvalue weighted by Gasteiger charge is -2.18. The van der Waals surface area contributed by atoms with Gasteiger partial charge in [0, 0.05) is 36.8 Å². The zero-order valence-electron chi connectivity index (χ0n) is 17.9. The Morgan fingerprint density at radius 3 is 2.47 bits per heavy atom. The average Bonchev–Trinajstić information content (AvgIpc) is 3.39. The first-order chi connectivity index (χ1) is 14.5. The predicted molar refractivity (Wildman–Crippen MR) is 121 cm³/mol. The first-order valence-corrected chi connectivity index (χ1v) is 11.2. The molecule has 0 bridgehead atoms. The monoisotopic (exact) mass is 412 g/mol. The fraction of sp³-hybridized carbons (Fsp3) is 0.542. The van der Waals surface area contributed by atoms with E-state index in [1.54, 1.807) is 6.08 Å². The maximum absolute atomic E-state index is 12.6. The molecule has 0 heterocycles. The van der Waals surface area contributed by atoms with Gasteiger partial charge in [-0.3, -0.25) is 4.79 Å². The normalized spacial score (nSPS) is 19.9. The lowest BCUT2D eigenvalue weighted by Crippen LogP contribution is -2.42. The summed E-state index contributed by atoms with van der Waals surface area (Å²) in [5.41, 5.74) is 8.80. The van der Waals surface area contributed by atoms with Gasteiger partial charge in [-0.25, -0.2) is 0 Å². The molecule has 1 aromatic rings.